The summed E-state index contributed by atoms with van der Waals surface area (Å²) >= 11 is 0. The molecule has 2 aliphatic heterocycles. The zero-order valence-corrected chi connectivity index (χ0v) is 16.3. The minimum atomic E-state index is -0.444. The van der Waals surface area contributed by atoms with Crippen LogP contribution in [0.25, 0.3) is 0 Å². The number of carbonyl (C=O) groups excluding carboxylic acids is 1. The van der Waals surface area contributed by atoms with E-state index in [1.165, 1.54) is 0 Å². The summed E-state index contributed by atoms with van der Waals surface area (Å²) in [5.74, 6) is -0.0205. The summed E-state index contributed by atoms with van der Waals surface area (Å²) in [5, 5.41) is 14.7. The number of carbonyl (C=O) groups is 1. The number of amides is 1. The van der Waals surface area contributed by atoms with E-state index >= 15 is 0 Å². The van der Waals surface area contributed by atoms with Gasteiger partial charge >= 0.3 is 0 Å². The SMILES string of the molecule is O=C(c1cccnc1)N1CC(O)CC2(CCN(CCCn3cccn3)CC2)C1. The van der Waals surface area contributed by atoms with Gasteiger partial charge in [0.2, 0.25) is 0 Å². The highest BCUT2D eigenvalue weighted by molar-refractivity contribution is 5.94. The van der Waals surface area contributed by atoms with Crippen LogP contribution in [-0.4, -0.2) is 74.4 Å². The van der Waals surface area contributed by atoms with E-state index in [0.29, 0.717) is 12.1 Å². The molecule has 2 aliphatic rings. The number of rotatable bonds is 5. The summed E-state index contributed by atoms with van der Waals surface area (Å²) in [6.07, 6.45) is 10.6. The second kappa shape index (κ2) is 8.41. The number of aliphatic hydroxyl groups is 1. The van der Waals surface area contributed by atoms with Crippen molar-refractivity contribution in [1.82, 2.24) is 24.6 Å². The van der Waals surface area contributed by atoms with Crippen molar-refractivity contribution < 1.29 is 9.90 Å². The first-order chi connectivity index (χ1) is 13.6. The first kappa shape index (κ1) is 19.1. The van der Waals surface area contributed by atoms with Crippen LogP contribution >= 0.6 is 0 Å². The van der Waals surface area contributed by atoms with E-state index in [9.17, 15) is 9.90 Å². The second-order valence-electron chi connectivity index (χ2n) is 8.25. The van der Waals surface area contributed by atoms with E-state index in [2.05, 4.69) is 15.0 Å². The number of β-amino-alcohol motifs (C(OH)–C–C–N with tert-alkyl or cyclic N) is 1. The second-order valence-corrected chi connectivity index (χ2v) is 8.25. The highest BCUT2D eigenvalue weighted by Gasteiger charge is 2.42. The lowest BCUT2D eigenvalue weighted by Gasteiger charge is -2.49. The van der Waals surface area contributed by atoms with Crippen molar-refractivity contribution >= 4 is 5.91 Å². The summed E-state index contributed by atoms with van der Waals surface area (Å²) < 4.78 is 1.98. The van der Waals surface area contributed by atoms with Gasteiger partial charge in [-0.15, -0.1) is 0 Å². The lowest BCUT2D eigenvalue weighted by atomic mass is 9.71. The van der Waals surface area contributed by atoms with Gasteiger partial charge < -0.3 is 14.9 Å². The van der Waals surface area contributed by atoms with Crippen LogP contribution < -0.4 is 0 Å². The van der Waals surface area contributed by atoms with Gasteiger partial charge in [-0.05, 0) is 68.9 Å². The first-order valence-electron chi connectivity index (χ1n) is 10.2. The molecule has 1 N–H and O–H groups in total. The predicted octanol–water partition coefficient (Wildman–Crippen LogP) is 1.66. The topological polar surface area (TPSA) is 74.5 Å². The van der Waals surface area contributed by atoms with Gasteiger partial charge in [0, 0.05) is 44.4 Å². The molecule has 2 aromatic heterocycles. The van der Waals surface area contributed by atoms with Gasteiger partial charge in [0.25, 0.3) is 5.91 Å². The van der Waals surface area contributed by atoms with E-state index in [1.54, 1.807) is 24.5 Å². The van der Waals surface area contributed by atoms with Crippen molar-refractivity contribution in [2.75, 3.05) is 32.7 Å². The maximum Gasteiger partial charge on any atom is 0.255 e. The van der Waals surface area contributed by atoms with E-state index in [4.69, 9.17) is 0 Å². The molecule has 1 spiro atoms. The van der Waals surface area contributed by atoms with E-state index in [1.807, 2.05) is 28.0 Å². The maximum atomic E-state index is 12.8. The molecule has 2 aromatic rings. The van der Waals surface area contributed by atoms with Crippen LogP contribution in [0.1, 0.15) is 36.0 Å². The van der Waals surface area contributed by atoms with Gasteiger partial charge in [-0.2, -0.15) is 5.10 Å². The highest BCUT2D eigenvalue weighted by atomic mass is 16.3. The maximum absolute atomic E-state index is 12.8. The van der Waals surface area contributed by atoms with Crippen molar-refractivity contribution in [3.63, 3.8) is 0 Å². The molecule has 7 nitrogen and oxygen atoms in total. The van der Waals surface area contributed by atoms with E-state index in [-0.39, 0.29) is 11.3 Å². The number of aryl methyl sites for hydroxylation is 1. The molecule has 0 saturated carbocycles. The Morgan fingerprint density at radius 1 is 1.21 bits per heavy atom. The normalized spacial score (nSPS) is 22.5. The fourth-order valence-corrected chi connectivity index (χ4v) is 4.68. The van der Waals surface area contributed by atoms with Crippen molar-refractivity contribution in [2.45, 2.75) is 38.3 Å². The molecule has 0 aromatic carbocycles. The molecular formula is C21H29N5O2. The molecular weight excluding hydrogens is 354 g/mol. The minimum absolute atomic E-state index is 0.0205. The standard InChI is InChI=1S/C21H29N5O2/c27-19-14-21(17-25(16-19)20(28)18-4-1-7-22-15-18)5-12-24(13-6-21)9-3-11-26-10-2-8-23-26/h1-2,4,7-8,10,15,19,27H,3,5-6,9,11-14,16-17H2. The molecule has 1 amide bonds. The third kappa shape index (κ3) is 4.42. The number of nitrogens with zero attached hydrogens (tertiary/aromatic N) is 5. The first-order valence-corrected chi connectivity index (χ1v) is 10.2. The smallest absolute Gasteiger partial charge is 0.255 e. The molecule has 150 valence electrons. The Labute approximate surface area is 166 Å². The molecule has 1 unspecified atom stereocenters. The van der Waals surface area contributed by atoms with E-state index < -0.39 is 6.10 Å². The molecule has 28 heavy (non-hydrogen) atoms. The van der Waals surface area contributed by atoms with Crippen LogP contribution in [-0.2, 0) is 6.54 Å². The highest BCUT2D eigenvalue weighted by Crippen LogP contribution is 2.40. The van der Waals surface area contributed by atoms with Crippen molar-refractivity contribution in [3.05, 3.63) is 48.5 Å². The molecule has 7 heteroatoms. The van der Waals surface area contributed by atoms with Crippen LogP contribution in [0.2, 0.25) is 0 Å². The Morgan fingerprint density at radius 2 is 2.07 bits per heavy atom. The Bertz CT molecular complexity index is 756. The third-order valence-electron chi connectivity index (χ3n) is 6.16. The summed E-state index contributed by atoms with van der Waals surface area (Å²) in [6, 6.07) is 5.54. The van der Waals surface area contributed by atoms with E-state index in [0.717, 1.165) is 58.4 Å². The van der Waals surface area contributed by atoms with Crippen LogP contribution in [0.4, 0.5) is 0 Å². The lowest BCUT2D eigenvalue weighted by Crippen LogP contribution is -2.55. The van der Waals surface area contributed by atoms with Gasteiger partial charge in [0.05, 0.1) is 11.7 Å². The zero-order valence-electron chi connectivity index (χ0n) is 16.3. The Kier molecular flexibility index (Phi) is 5.73. The summed E-state index contributed by atoms with van der Waals surface area (Å²) in [5.41, 5.74) is 0.636. The van der Waals surface area contributed by atoms with Gasteiger partial charge in [-0.25, -0.2) is 0 Å². The molecule has 0 radical (unpaired) electrons. The van der Waals surface area contributed by atoms with Crippen molar-refractivity contribution in [3.8, 4) is 0 Å². The number of likely N-dealkylation sites (tertiary alicyclic amines) is 2. The monoisotopic (exact) mass is 383 g/mol. The number of piperidine rings is 2. The summed E-state index contributed by atoms with van der Waals surface area (Å²) in [6.45, 7) is 5.22. The number of hydrogen-bond acceptors (Lipinski definition) is 5. The average Bonchev–Trinajstić information content (AvgIpc) is 3.23. The van der Waals surface area contributed by atoms with Gasteiger partial charge in [-0.3, -0.25) is 14.5 Å². The van der Waals surface area contributed by atoms with Crippen LogP contribution in [0.3, 0.4) is 0 Å². The quantitative estimate of drug-likeness (QED) is 0.850. The van der Waals surface area contributed by atoms with Crippen molar-refractivity contribution in [1.29, 1.82) is 0 Å². The minimum Gasteiger partial charge on any atom is -0.391 e. The zero-order chi connectivity index (χ0) is 19.4. The number of aliphatic hydroxyl groups excluding tert-OH is 1. The number of pyridine rings is 1. The molecule has 0 bridgehead atoms. The molecule has 1 atom stereocenters. The largest absolute Gasteiger partial charge is 0.391 e. The third-order valence-corrected chi connectivity index (χ3v) is 6.16. The Morgan fingerprint density at radius 3 is 2.79 bits per heavy atom. The van der Waals surface area contributed by atoms with Crippen molar-refractivity contribution in [2.24, 2.45) is 5.41 Å². The Balaban J connectivity index is 1.31. The van der Waals surface area contributed by atoms with Crippen LogP contribution in [0.5, 0.6) is 0 Å². The Hall–Kier alpha value is -2.25. The average molecular weight is 383 g/mol. The van der Waals surface area contributed by atoms with Crippen LogP contribution in [0.15, 0.2) is 43.0 Å². The fraction of sp³-hybridized carbons (Fsp3) is 0.571. The van der Waals surface area contributed by atoms with Gasteiger partial charge in [0.15, 0.2) is 0 Å². The fourth-order valence-electron chi connectivity index (χ4n) is 4.68. The number of hydrogen-bond donors (Lipinski definition) is 1. The molecule has 2 fully saturated rings. The molecule has 4 heterocycles. The summed E-state index contributed by atoms with van der Waals surface area (Å²) in [4.78, 5) is 21.2. The molecule has 4 rings (SSSR count). The number of aromatic nitrogens is 3. The predicted molar refractivity (Wildman–Crippen MR) is 106 cm³/mol. The van der Waals surface area contributed by atoms with Gasteiger partial charge in [0.1, 0.15) is 0 Å². The summed E-state index contributed by atoms with van der Waals surface area (Å²) in [7, 11) is 0. The lowest BCUT2D eigenvalue weighted by molar-refractivity contribution is -0.0329. The van der Waals surface area contributed by atoms with Gasteiger partial charge in [-0.1, -0.05) is 0 Å². The molecule has 0 aliphatic carbocycles. The van der Waals surface area contributed by atoms with Crippen LogP contribution in [0, 0.1) is 5.41 Å². The molecule has 2 saturated heterocycles.